The molecule has 2 N–H and O–H groups in total. The standard InChI is InChI=1S/C41H53FN4O7/c1-7-51-38(48)36(44-40(50)53-41(4,5)6)24-29-8-14-32(15-9-29)37(47)45-22-20-34(21-23-45)46(26-31-10-16-33(42)17-11-31)39(49)43-25-30-12-18-35(19-13-30)52-27-28(2)3/h8-19,28,34,36H,7,20-27H2,1-6H3,(H,43,49)(H,44,50)/t36-/m1/s1. The number of hydrogen-bond acceptors (Lipinski definition) is 7. The Morgan fingerprint density at radius 2 is 1.49 bits per heavy atom. The molecule has 4 amide bonds. The van der Waals surface area contributed by atoms with Crippen LogP contribution in [0.1, 0.15) is 81.4 Å². The number of halogens is 1. The van der Waals surface area contributed by atoms with Gasteiger partial charge in [-0.3, -0.25) is 4.79 Å². The zero-order valence-corrected chi connectivity index (χ0v) is 31.7. The highest BCUT2D eigenvalue weighted by atomic mass is 19.1. The van der Waals surface area contributed by atoms with Crippen molar-refractivity contribution in [3.05, 3.63) is 101 Å². The summed E-state index contributed by atoms with van der Waals surface area (Å²) < 4.78 is 29.9. The lowest BCUT2D eigenvalue weighted by atomic mass is 10.0. The van der Waals surface area contributed by atoms with Crippen molar-refractivity contribution in [3.8, 4) is 5.75 Å². The molecule has 0 saturated carbocycles. The van der Waals surface area contributed by atoms with E-state index in [1.54, 1.807) is 73.9 Å². The Morgan fingerprint density at radius 3 is 2.08 bits per heavy atom. The SMILES string of the molecule is CCOC(=O)[C@@H](Cc1ccc(C(=O)N2CCC(N(Cc3ccc(F)cc3)C(=O)NCc3ccc(OCC(C)C)cc3)CC2)cc1)NC(=O)OC(C)(C)C. The molecular formula is C41H53FN4O7. The number of urea groups is 1. The number of rotatable bonds is 14. The van der Waals surface area contributed by atoms with Crippen molar-refractivity contribution >= 4 is 24.0 Å². The van der Waals surface area contributed by atoms with Gasteiger partial charge in [0.2, 0.25) is 0 Å². The number of nitrogens with one attached hydrogen (secondary N) is 2. The van der Waals surface area contributed by atoms with Crippen molar-refractivity contribution < 1.29 is 37.8 Å². The van der Waals surface area contributed by atoms with Crippen LogP contribution in [-0.2, 0) is 33.8 Å². The molecule has 286 valence electrons. The van der Waals surface area contributed by atoms with Gasteiger partial charge in [-0.25, -0.2) is 18.8 Å². The molecule has 0 radical (unpaired) electrons. The number of carbonyl (C=O) groups is 4. The predicted molar refractivity (Wildman–Crippen MR) is 200 cm³/mol. The molecule has 1 heterocycles. The van der Waals surface area contributed by atoms with Crippen molar-refractivity contribution in [2.45, 2.75) is 91.6 Å². The predicted octanol–water partition coefficient (Wildman–Crippen LogP) is 6.88. The van der Waals surface area contributed by atoms with E-state index in [2.05, 4.69) is 24.5 Å². The van der Waals surface area contributed by atoms with Crippen LogP contribution < -0.4 is 15.4 Å². The number of amides is 4. The van der Waals surface area contributed by atoms with Gasteiger partial charge in [-0.05, 0) is 99.5 Å². The number of carbonyl (C=O) groups excluding carboxylic acids is 4. The molecule has 1 aliphatic heterocycles. The van der Waals surface area contributed by atoms with Gasteiger partial charge in [0, 0.05) is 44.2 Å². The smallest absolute Gasteiger partial charge is 0.408 e. The fourth-order valence-electron chi connectivity index (χ4n) is 5.87. The summed E-state index contributed by atoms with van der Waals surface area (Å²) in [7, 11) is 0. The number of hydrogen-bond donors (Lipinski definition) is 2. The number of alkyl carbamates (subject to hydrolysis) is 1. The third-order valence-corrected chi connectivity index (χ3v) is 8.57. The molecule has 3 aromatic rings. The van der Waals surface area contributed by atoms with E-state index in [1.165, 1.54) is 12.1 Å². The highest BCUT2D eigenvalue weighted by molar-refractivity contribution is 5.94. The number of nitrogens with zero attached hydrogens (tertiary/aromatic N) is 2. The molecule has 3 aromatic carbocycles. The van der Waals surface area contributed by atoms with Crippen LogP contribution in [0.25, 0.3) is 0 Å². The summed E-state index contributed by atoms with van der Waals surface area (Å²) in [6.45, 7) is 13.4. The van der Waals surface area contributed by atoms with Crippen molar-refractivity contribution in [1.29, 1.82) is 0 Å². The second-order valence-corrected chi connectivity index (χ2v) is 14.6. The molecule has 1 atom stereocenters. The number of benzene rings is 3. The van der Waals surface area contributed by atoms with Crippen molar-refractivity contribution in [1.82, 2.24) is 20.4 Å². The van der Waals surface area contributed by atoms with E-state index < -0.39 is 23.7 Å². The molecular weight excluding hydrogens is 679 g/mol. The molecule has 1 aliphatic rings. The first-order valence-electron chi connectivity index (χ1n) is 18.3. The van der Waals surface area contributed by atoms with Gasteiger partial charge in [-0.15, -0.1) is 0 Å². The van der Waals surface area contributed by atoms with Gasteiger partial charge < -0.3 is 34.6 Å². The molecule has 1 saturated heterocycles. The number of likely N-dealkylation sites (tertiary alicyclic amines) is 1. The Labute approximate surface area is 312 Å². The zero-order valence-electron chi connectivity index (χ0n) is 31.7. The Morgan fingerprint density at radius 1 is 0.887 bits per heavy atom. The lowest BCUT2D eigenvalue weighted by Gasteiger charge is -2.38. The van der Waals surface area contributed by atoms with E-state index in [0.717, 1.165) is 22.4 Å². The summed E-state index contributed by atoms with van der Waals surface area (Å²) in [5.41, 5.74) is 2.22. The summed E-state index contributed by atoms with van der Waals surface area (Å²) >= 11 is 0. The third-order valence-electron chi connectivity index (χ3n) is 8.57. The number of ether oxygens (including phenoxy) is 3. The van der Waals surface area contributed by atoms with Crippen LogP contribution in [0.15, 0.2) is 72.8 Å². The molecule has 0 spiro atoms. The van der Waals surface area contributed by atoms with Crippen molar-refractivity contribution in [3.63, 3.8) is 0 Å². The molecule has 11 nitrogen and oxygen atoms in total. The fourth-order valence-corrected chi connectivity index (χ4v) is 5.87. The lowest BCUT2D eigenvalue weighted by molar-refractivity contribution is -0.145. The molecule has 0 aromatic heterocycles. The van der Waals surface area contributed by atoms with Gasteiger partial charge in [0.1, 0.15) is 23.2 Å². The van der Waals surface area contributed by atoms with E-state index in [9.17, 15) is 23.6 Å². The van der Waals surface area contributed by atoms with Gasteiger partial charge in [0.25, 0.3) is 5.91 Å². The van der Waals surface area contributed by atoms with Crippen molar-refractivity contribution in [2.75, 3.05) is 26.3 Å². The minimum absolute atomic E-state index is 0.140. The lowest BCUT2D eigenvalue weighted by Crippen LogP contribution is -2.51. The van der Waals surface area contributed by atoms with Gasteiger partial charge >= 0.3 is 18.1 Å². The van der Waals surface area contributed by atoms with Gasteiger partial charge in [0.05, 0.1) is 13.2 Å². The van der Waals surface area contributed by atoms with Crippen LogP contribution in [0.2, 0.25) is 0 Å². The maximum absolute atomic E-state index is 13.7. The first kappa shape index (κ1) is 40.6. The van der Waals surface area contributed by atoms with Crippen LogP contribution in [0.3, 0.4) is 0 Å². The monoisotopic (exact) mass is 732 g/mol. The summed E-state index contributed by atoms with van der Waals surface area (Å²) in [6, 6.07) is 19.3. The molecule has 0 bridgehead atoms. The van der Waals surface area contributed by atoms with E-state index in [4.69, 9.17) is 14.2 Å². The molecule has 1 fully saturated rings. The summed E-state index contributed by atoms with van der Waals surface area (Å²) in [6.07, 6.45) is 0.565. The van der Waals surface area contributed by atoms with Gasteiger partial charge in [-0.1, -0.05) is 50.2 Å². The van der Waals surface area contributed by atoms with Crippen LogP contribution in [0.5, 0.6) is 5.75 Å². The second-order valence-electron chi connectivity index (χ2n) is 14.6. The van der Waals surface area contributed by atoms with Crippen LogP contribution in [-0.4, -0.2) is 77.8 Å². The Kier molecular flexibility index (Phi) is 14.6. The zero-order chi connectivity index (χ0) is 38.5. The Bertz CT molecular complexity index is 1650. The maximum atomic E-state index is 13.7. The second kappa shape index (κ2) is 19.1. The topological polar surface area (TPSA) is 127 Å². The van der Waals surface area contributed by atoms with E-state index in [1.807, 2.05) is 24.3 Å². The summed E-state index contributed by atoms with van der Waals surface area (Å²) in [5.74, 6) is 0.128. The minimum atomic E-state index is -0.963. The molecule has 0 unspecified atom stereocenters. The molecule has 4 rings (SSSR count). The van der Waals surface area contributed by atoms with E-state index >= 15 is 0 Å². The average Bonchev–Trinajstić information content (AvgIpc) is 3.12. The maximum Gasteiger partial charge on any atom is 0.408 e. The Balaban J connectivity index is 1.37. The normalized spacial score (nSPS) is 13.9. The molecule has 53 heavy (non-hydrogen) atoms. The molecule has 12 heteroatoms. The number of piperidine rings is 1. The first-order chi connectivity index (χ1) is 25.2. The van der Waals surface area contributed by atoms with Crippen LogP contribution in [0, 0.1) is 11.7 Å². The summed E-state index contributed by atoms with van der Waals surface area (Å²) in [4.78, 5) is 55.7. The fraction of sp³-hybridized carbons (Fsp3) is 0.463. The highest BCUT2D eigenvalue weighted by Crippen LogP contribution is 2.22. The largest absolute Gasteiger partial charge is 0.493 e. The van der Waals surface area contributed by atoms with Gasteiger partial charge in [-0.2, -0.15) is 0 Å². The van der Waals surface area contributed by atoms with E-state index in [-0.39, 0.29) is 36.8 Å². The Hall–Kier alpha value is -5.13. The quantitative estimate of drug-likeness (QED) is 0.173. The van der Waals surface area contributed by atoms with Crippen LogP contribution in [0.4, 0.5) is 14.0 Å². The first-order valence-corrected chi connectivity index (χ1v) is 18.3. The van der Waals surface area contributed by atoms with E-state index in [0.29, 0.717) is 57.1 Å². The molecule has 0 aliphatic carbocycles. The van der Waals surface area contributed by atoms with Crippen LogP contribution >= 0.6 is 0 Å². The number of esters is 1. The van der Waals surface area contributed by atoms with Gasteiger partial charge in [0.15, 0.2) is 0 Å². The summed E-state index contributed by atoms with van der Waals surface area (Å²) in [5, 5.41) is 5.64. The minimum Gasteiger partial charge on any atom is -0.493 e. The average molecular weight is 733 g/mol. The third kappa shape index (κ3) is 13.1. The van der Waals surface area contributed by atoms with Crippen molar-refractivity contribution in [2.24, 2.45) is 5.92 Å². The highest BCUT2D eigenvalue weighted by Gasteiger charge is 2.31.